The molecule has 0 bridgehead atoms. The van der Waals surface area contributed by atoms with Gasteiger partial charge < -0.3 is 86.1 Å². The van der Waals surface area contributed by atoms with Gasteiger partial charge in [0.15, 0.2) is 34.5 Å². The molecular weight excluding hydrogens is 1810 g/mol. The van der Waals surface area contributed by atoms with E-state index in [1.807, 2.05) is 332 Å². The number of hydrogen-bond acceptors (Lipinski definition) is 14. The number of fused-ring (bicyclic) bond motifs is 7. The lowest BCUT2D eigenvalue weighted by Gasteiger charge is -2.12. The van der Waals surface area contributed by atoms with Gasteiger partial charge in [0, 0.05) is 106 Å². The second kappa shape index (κ2) is 40.6. The van der Waals surface area contributed by atoms with Gasteiger partial charge in [-0.05, 0) is 152 Å². The summed E-state index contributed by atoms with van der Waals surface area (Å²) >= 11 is 19.5. The van der Waals surface area contributed by atoms with Gasteiger partial charge in [-0.25, -0.2) is 19.2 Å². The highest BCUT2D eigenvalue weighted by atomic mass is 35.5. The van der Waals surface area contributed by atoms with Crippen LogP contribution in [0.1, 0.15) is 80.9 Å². The van der Waals surface area contributed by atoms with Crippen molar-refractivity contribution < 1.29 is 87.0 Å². The first-order valence-electron chi connectivity index (χ1n) is 44.1. The monoisotopic (exact) mass is 1890 g/mol. The van der Waals surface area contributed by atoms with Crippen molar-refractivity contribution in [2.75, 3.05) is 27.5 Å². The van der Waals surface area contributed by atoms with E-state index in [1.165, 1.54) is 0 Å². The Bertz CT molecular complexity index is 7750. The molecule has 7 heterocycles. The van der Waals surface area contributed by atoms with Crippen LogP contribution in [0, 0.1) is 0 Å². The predicted molar refractivity (Wildman–Crippen MR) is 532 cm³/mol. The average molecular weight is 1890 g/mol. The van der Waals surface area contributed by atoms with Gasteiger partial charge in [-0.2, -0.15) is 0 Å². The number of hydrogen-bond donors (Lipinski definition) is 4. The lowest BCUT2D eigenvalue weighted by atomic mass is 10.0. The Kier molecular flexibility index (Phi) is 26.6. The fraction of sp³-hybridized carbons (Fsp3) is 0.0973. The van der Waals surface area contributed by atoms with Crippen LogP contribution >= 0.6 is 34.8 Å². The molecule has 25 heteroatoms. The maximum Gasteiger partial charge on any atom is 0.353 e. The highest BCUT2D eigenvalue weighted by molar-refractivity contribution is 6.32. The van der Waals surface area contributed by atoms with Crippen LogP contribution in [0.2, 0.25) is 15.1 Å². The summed E-state index contributed by atoms with van der Waals surface area (Å²) in [7, 11) is 1.60. The van der Waals surface area contributed by atoms with E-state index in [2.05, 4.69) is 0 Å². The average Bonchev–Trinajstić information content (AvgIpc) is 1.61. The molecule has 138 heavy (non-hydrogen) atoms. The first kappa shape index (κ1) is 90.4. The number of ether oxygens (including phenoxy) is 10. The summed E-state index contributed by atoms with van der Waals surface area (Å²) in [6.07, 6.45) is 0. The topological polar surface area (TPSA) is 261 Å². The Morgan fingerprint density at radius 1 is 0.268 bits per heavy atom. The zero-order valence-electron chi connectivity index (χ0n) is 74.0. The second-order valence-corrected chi connectivity index (χ2v) is 33.8. The number of para-hydroxylation sites is 2. The summed E-state index contributed by atoms with van der Waals surface area (Å²) in [4.78, 5) is 50.3. The number of benzene rings is 15. The van der Waals surface area contributed by atoms with Gasteiger partial charge in [0.2, 0.25) is 20.4 Å². The van der Waals surface area contributed by atoms with Crippen molar-refractivity contribution in [3.63, 3.8) is 0 Å². The Labute approximate surface area is 806 Å². The smallest absolute Gasteiger partial charge is 0.353 e. The van der Waals surface area contributed by atoms with Gasteiger partial charge in [-0.3, -0.25) is 0 Å². The fourth-order valence-electron chi connectivity index (χ4n) is 17.6. The van der Waals surface area contributed by atoms with Crippen LogP contribution in [-0.2, 0) is 46.0 Å². The molecular formula is C113H85Cl3N4O18. The van der Waals surface area contributed by atoms with E-state index in [9.17, 15) is 39.6 Å². The molecule has 0 radical (unpaired) electrons. The second-order valence-electron chi connectivity index (χ2n) is 32.5. The van der Waals surface area contributed by atoms with Gasteiger partial charge in [0.1, 0.15) is 65.6 Å². The molecule has 0 saturated carbocycles. The summed E-state index contributed by atoms with van der Waals surface area (Å²) in [5, 5.41) is 46.0. The maximum absolute atomic E-state index is 12.8. The van der Waals surface area contributed by atoms with E-state index >= 15 is 0 Å². The van der Waals surface area contributed by atoms with Gasteiger partial charge in [-0.15, -0.1) is 0 Å². The number of carbonyl (C=O) groups is 4. The Morgan fingerprint density at radius 2 is 0.529 bits per heavy atom. The van der Waals surface area contributed by atoms with Crippen LogP contribution < -0.4 is 47.4 Å². The molecule has 4 N–H and O–H groups in total. The van der Waals surface area contributed by atoms with Gasteiger partial charge in [-0.1, -0.05) is 277 Å². The molecule has 22 rings (SSSR count). The van der Waals surface area contributed by atoms with Crippen LogP contribution in [-0.4, -0.2) is 90.1 Å². The number of carboxylic acid groups (broad SMARTS) is 4. The molecule has 0 amide bonds. The van der Waals surface area contributed by atoms with Gasteiger partial charge >= 0.3 is 23.9 Å². The molecule has 22 nitrogen and oxygen atoms in total. The fourth-order valence-corrected chi connectivity index (χ4v) is 18.2. The van der Waals surface area contributed by atoms with E-state index in [0.717, 1.165) is 111 Å². The summed E-state index contributed by atoms with van der Waals surface area (Å²) in [5.74, 6) is 2.37. The number of methoxy groups -OCH3 is 1. The number of aromatic carboxylic acids is 4. The Hall–Kier alpha value is -16.8. The minimum Gasteiger partial charge on any atom is -0.497 e. The SMILES string of the molecule is COc1ccc(-c2c(C(=O)O)n(Cc3cc4c(cc3Cl)OCO4)c3ccccc23)cc1.O=C(O)c1c(-c2ccccc2)c2cc(OCc3ccccc3)ccc2n1Cc1cc2c(cc1Cl)OCO2.O=C(O)c1c(-c2ccccc2)c2cc(OCc3ccccc3)ccc2n1Cc1ccc(OCc2ccccc2)cc1.O=C(O)c1c(-c2ccccc2)c2ccccc2n1Cc1cc2c(cc1Cl)OCO2. The third kappa shape index (κ3) is 19.2. The molecule has 3 aliphatic heterocycles. The lowest BCUT2D eigenvalue weighted by Crippen LogP contribution is -2.11. The first-order valence-corrected chi connectivity index (χ1v) is 45.2. The summed E-state index contributed by atoms with van der Waals surface area (Å²) in [5.41, 5.74) is 16.5. The molecule has 15 aromatic carbocycles. The van der Waals surface area contributed by atoms with Crippen LogP contribution in [0.4, 0.5) is 0 Å². The zero-order chi connectivity index (χ0) is 94.9. The zero-order valence-corrected chi connectivity index (χ0v) is 76.3. The summed E-state index contributed by atoms with van der Waals surface area (Å²) in [6, 6.07) is 111. The largest absolute Gasteiger partial charge is 0.497 e. The number of halogens is 3. The minimum atomic E-state index is -1.03. The van der Waals surface area contributed by atoms with Crippen molar-refractivity contribution in [2.24, 2.45) is 0 Å². The van der Waals surface area contributed by atoms with Crippen LogP contribution in [0.5, 0.6) is 57.5 Å². The number of rotatable bonds is 26. The molecule has 0 atom stereocenters. The molecule has 19 aromatic rings. The standard InChI is InChI=1S/C36H29NO4.C30H22ClNO5.C24H18ClNO5.C23H16ClNO4/c38-36(39)35-34(29-14-8-3-9-15-29)32-22-31(41-25-28-12-6-2-7-13-28)20-21-33(32)37(35)23-26-16-18-30(19-17-26)40-24-27-10-4-1-5-11-27;31-24-15-27-26(36-18-37-27)13-21(24)16-32-25-12-11-22(35-17-19-7-3-1-4-8-19)14-23(25)28(29(32)30(33)34)20-9-5-2-6-10-20;1-29-16-8-6-14(7-9-16)22-17-4-2-3-5-19(17)26(23(22)24(27)28)12-15-10-20-21(11-18(15)25)31-13-30-20;24-17-11-20-19(28-13-29-20)10-15(17)12-25-18-9-5-4-8-16(18)21(22(25)23(26)27)14-6-2-1-3-7-14/h1-22H,23-25H2,(H,38,39);1-15H,16-18H2,(H,33,34);2-11H,12-13H2,1H3,(H,27,28);1-11H,12-13H2,(H,26,27). The third-order valence-corrected chi connectivity index (χ3v) is 25.1. The summed E-state index contributed by atoms with van der Waals surface area (Å²) in [6.45, 7) is 2.96. The van der Waals surface area contributed by atoms with Crippen molar-refractivity contribution in [2.45, 2.75) is 46.0 Å². The number of aromatic nitrogens is 4. The Morgan fingerprint density at radius 3 is 0.855 bits per heavy atom. The number of carboxylic acids is 4. The molecule has 3 aliphatic rings. The third-order valence-electron chi connectivity index (χ3n) is 24.0. The maximum atomic E-state index is 12.8. The van der Waals surface area contributed by atoms with E-state index < -0.39 is 23.9 Å². The van der Waals surface area contributed by atoms with Crippen molar-refractivity contribution in [3.8, 4) is 102 Å². The van der Waals surface area contributed by atoms with E-state index in [4.69, 9.17) is 82.2 Å². The molecule has 686 valence electrons. The molecule has 0 saturated heterocycles. The van der Waals surface area contributed by atoms with Crippen LogP contribution in [0.3, 0.4) is 0 Å². The summed E-state index contributed by atoms with van der Waals surface area (Å²) < 4.78 is 63.3. The quantitative estimate of drug-likeness (QED) is 0.0393. The first-order chi connectivity index (χ1) is 67.4. The normalized spacial score (nSPS) is 11.9. The molecule has 0 spiro atoms. The highest BCUT2D eigenvalue weighted by Crippen LogP contribution is 2.47. The van der Waals surface area contributed by atoms with Gasteiger partial charge in [0.25, 0.3) is 0 Å². The molecule has 0 unspecified atom stereocenters. The van der Waals surface area contributed by atoms with E-state index in [-0.39, 0.29) is 56.2 Å². The van der Waals surface area contributed by atoms with E-state index in [0.29, 0.717) is 122 Å². The van der Waals surface area contributed by atoms with Crippen LogP contribution in [0.15, 0.2) is 352 Å². The van der Waals surface area contributed by atoms with Crippen molar-refractivity contribution in [1.82, 2.24) is 18.3 Å². The predicted octanol–water partition coefficient (Wildman–Crippen LogP) is 26.1. The van der Waals surface area contributed by atoms with Crippen LogP contribution in [0.25, 0.3) is 88.1 Å². The van der Waals surface area contributed by atoms with Crippen molar-refractivity contribution >= 4 is 102 Å². The molecule has 0 aliphatic carbocycles. The van der Waals surface area contributed by atoms with Crippen molar-refractivity contribution in [1.29, 1.82) is 0 Å². The lowest BCUT2D eigenvalue weighted by molar-refractivity contribution is 0.0676. The Balaban J connectivity index is 0.000000119. The van der Waals surface area contributed by atoms with Crippen molar-refractivity contribution in [3.05, 3.63) is 429 Å². The van der Waals surface area contributed by atoms with E-state index in [1.54, 1.807) is 45.1 Å². The van der Waals surface area contributed by atoms with Gasteiger partial charge in [0.05, 0.1) is 26.7 Å². The number of nitrogens with zero attached hydrogens (tertiary/aromatic N) is 4. The molecule has 0 fully saturated rings. The minimum absolute atomic E-state index is 0.131. The molecule has 4 aromatic heterocycles. The highest BCUT2D eigenvalue weighted by Gasteiger charge is 2.32.